The van der Waals surface area contributed by atoms with Crippen molar-refractivity contribution in [2.45, 2.75) is 91.7 Å². The molecule has 1 rings (SSSR count). The van der Waals surface area contributed by atoms with Crippen molar-refractivity contribution in [3.8, 4) is 0 Å². The zero-order valence-corrected chi connectivity index (χ0v) is 23.5. The van der Waals surface area contributed by atoms with Crippen LogP contribution >= 0.6 is 0 Å². The lowest BCUT2D eigenvalue weighted by atomic mass is 9.97. The number of amides is 1. The first-order valence-corrected chi connectivity index (χ1v) is 14.9. The summed E-state index contributed by atoms with van der Waals surface area (Å²) in [6.07, 6.45) is 2.04. The molecule has 2 atom stereocenters. The van der Waals surface area contributed by atoms with Gasteiger partial charge in [0.15, 0.2) is 0 Å². The van der Waals surface area contributed by atoms with Crippen LogP contribution in [0.1, 0.15) is 84.3 Å². The van der Waals surface area contributed by atoms with Gasteiger partial charge < -0.3 is 15.7 Å². The predicted molar refractivity (Wildman–Crippen MR) is 145 cm³/mol. The molecule has 0 aromatic heterocycles. The predicted octanol–water partition coefficient (Wildman–Crippen LogP) is 3.68. The van der Waals surface area contributed by atoms with Crippen LogP contribution in [-0.4, -0.2) is 67.8 Å². The first kappa shape index (κ1) is 31.5. The molecule has 8 heteroatoms. The van der Waals surface area contributed by atoms with E-state index in [1.54, 1.807) is 0 Å². The van der Waals surface area contributed by atoms with Gasteiger partial charge in [0, 0.05) is 26.1 Å². The van der Waals surface area contributed by atoms with E-state index < -0.39 is 22.2 Å². The molecule has 0 spiro atoms. The number of sulfonamides is 1. The van der Waals surface area contributed by atoms with E-state index >= 15 is 0 Å². The third-order valence-electron chi connectivity index (χ3n) is 6.09. The van der Waals surface area contributed by atoms with Crippen molar-refractivity contribution in [1.29, 1.82) is 0 Å². The zero-order chi connectivity index (χ0) is 26.4. The van der Waals surface area contributed by atoms with Crippen LogP contribution in [0.4, 0.5) is 0 Å². The van der Waals surface area contributed by atoms with E-state index in [4.69, 9.17) is 0 Å². The Morgan fingerprint density at radius 1 is 1.03 bits per heavy atom. The Hall–Kier alpha value is -1.48. The molecule has 35 heavy (non-hydrogen) atoms. The summed E-state index contributed by atoms with van der Waals surface area (Å²) in [5, 5.41) is 17.1. The summed E-state index contributed by atoms with van der Waals surface area (Å²) in [5.74, 6) is 0.414. The molecule has 0 aliphatic carbocycles. The quantitative estimate of drug-likeness (QED) is 0.261. The van der Waals surface area contributed by atoms with Crippen molar-refractivity contribution >= 4 is 15.9 Å². The SMILES string of the molecule is CCCN(CCC)S(=O)(=O)CCC(=O)N[C@@H](Cc1ccc(C(C)C)cc1)[C@H](O)CNCCC(C)C. The van der Waals surface area contributed by atoms with E-state index in [1.165, 1.54) is 9.87 Å². The smallest absolute Gasteiger partial charge is 0.221 e. The summed E-state index contributed by atoms with van der Waals surface area (Å²) in [4.78, 5) is 12.8. The number of rotatable bonds is 18. The summed E-state index contributed by atoms with van der Waals surface area (Å²) in [6, 6.07) is 7.71. The Bertz CT molecular complexity index is 819. The fourth-order valence-corrected chi connectivity index (χ4v) is 5.50. The van der Waals surface area contributed by atoms with E-state index in [0.29, 0.717) is 37.9 Å². The van der Waals surface area contributed by atoms with E-state index in [9.17, 15) is 18.3 Å². The number of carbonyl (C=O) groups is 1. The second kappa shape index (κ2) is 16.3. The van der Waals surface area contributed by atoms with Crippen molar-refractivity contribution < 1.29 is 18.3 Å². The standard InChI is InChI=1S/C27H49N3O4S/c1-7-16-30(17-8-2)35(33,34)18-14-27(32)29-25(26(31)20-28-15-13-21(3)4)19-23-9-11-24(12-10-23)22(5)6/h9-12,21-22,25-26,28,31H,7-8,13-20H2,1-6H3,(H,29,32)/t25-,26+/m0/s1. The number of nitrogens with one attached hydrogen (secondary N) is 2. The van der Waals surface area contributed by atoms with Gasteiger partial charge in [-0.2, -0.15) is 0 Å². The van der Waals surface area contributed by atoms with Gasteiger partial charge in [0.25, 0.3) is 0 Å². The van der Waals surface area contributed by atoms with Crippen molar-refractivity contribution in [1.82, 2.24) is 14.9 Å². The Morgan fingerprint density at radius 3 is 2.14 bits per heavy atom. The lowest BCUT2D eigenvalue weighted by Crippen LogP contribution is -2.49. The third kappa shape index (κ3) is 12.4. The molecule has 202 valence electrons. The largest absolute Gasteiger partial charge is 0.390 e. The topological polar surface area (TPSA) is 98.7 Å². The second-order valence-electron chi connectivity index (χ2n) is 10.2. The maximum atomic E-state index is 12.8. The highest BCUT2D eigenvalue weighted by molar-refractivity contribution is 7.89. The Balaban J connectivity index is 2.84. The van der Waals surface area contributed by atoms with Crippen molar-refractivity contribution in [2.24, 2.45) is 5.92 Å². The molecule has 0 unspecified atom stereocenters. The zero-order valence-electron chi connectivity index (χ0n) is 22.7. The number of carbonyl (C=O) groups excluding carboxylic acids is 1. The highest BCUT2D eigenvalue weighted by Gasteiger charge is 2.25. The normalized spacial score (nSPS) is 14.0. The van der Waals surface area contributed by atoms with Gasteiger partial charge in [-0.05, 0) is 55.2 Å². The van der Waals surface area contributed by atoms with Crippen LogP contribution in [0.5, 0.6) is 0 Å². The number of aliphatic hydroxyl groups excluding tert-OH is 1. The van der Waals surface area contributed by atoms with E-state index in [2.05, 4.69) is 50.5 Å². The van der Waals surface area contributed by atoms with Gasteiger partial charge in [0.2, 0.25) is 15.9 Å². The van der Waals surface area contributed by atoms with Gasteiger partial charge in [0.05, 0.1) is 17.9 Å². The van der Waals surface area contributed by atoms with Crippen LogP contribution in [0.2, 0.25) is 0 Å². The Morgan fingerprint density at radius 2 is 1.63 bits per heavy atom. The van der Waals surface area contributed by atoms with E-state index in [0.717, 1.165) is 31.4 Å². The highest BCUT2D eigenvalue weighted by atomic mass is 32.2. The van der Waals surface area contributed by atoms with Crippen LogP contribution in [-0.2, 0) is 21.2 Å². The van der Waals surface area contributed by atoms with Gasteiger partial charge in [-0.15, -0.1) is 0 Å². The van der Waals surface area contributed by atoms with Crippen LogP contribution in [0.3, 0.4) is 0 Å². The molecule has 1 aromatic rings. The molecule has 0 aliphatic rings. The molecular formula is C27H49N3O4S. The Labute approximate surface area is 214 Å². The molecular weight excluding hydrogens is 462 g/mol. The summed E-state index contributed by atoms with van der Waals surface area (Å²) < 4.78 is 26.9. The molecule has 0 radical (unpaired) electrons. The van der Waals surface area contributed by atoms with Gasteiger partial charge >= 0.3 is 0 Å². The number of nitrogens with zero attached hydrogens (tertiary/aromatic N) is 1. The maximum Gasteiger partial charge on any atom is 0.221 e. The summed E-state index contributed by atoms with van der Waals surface area (Å²) in [5.41, 5.74) is 2.25. The molecule has 1 aromatic carbocycles. The molecule has 0 saturated heterocycles. The van der Waals surface area contributed by atoms with Crippen LogP contribution < -0.4 is 10.6 Å². The average molecular weight is 512 g/mol. The molecule has 0 saturated carbocycles. The first-order chi connectivity index (χ1) is 16.5. The molecule has 3 N–H and O–H groups in total. The number of hydrogen-bond donors (Lipinski definition) is 3. The van der Waals surface area contributed by atoms with Gasteiger partial charge in [-0.25, -0.2) is 12.7 Å². The van der Waals surface area contributed by atoms with Crippen LogP contribution in [0, 0.1) is 5.92 Å². The number of hydrogen-bond acceptors (Lipinski definition) is 5. The molecule has 0 fully saturated rings. The lowest BCUT2D eigenvalue weighted by Gasteiger charge is -2.26. The number of aliphatic hydroxyl groups is 1. The van der Waals surface area contributed by atoms with Gasteiger partial charge in [-0.3, -0.25) is 4.79 Å². The maximum absolute atomic E-state index is 12.8. The van der Waals surface area contributed by atoms with E-state index in [1.807, 2.05) is 26.0 Å². The van der Waals surface area contributed by atoms with E-state index in [-0.39, 0.29) is 18.1 Å². The average Bonchev–Trinajstić information content (AvgIpc) is 2.80. The summed E-state index contributed by atoms with van der Waals surface area (Å²) in [6.45, 7) is 14.6. The Kier molecular flexibility index (Phi) is 14.7. The lowest BCUT2D eigenvalue weighted by molar-refractivity contribution is -0.122. The first-order valence-electron chi connectivity index (χ1n) is 13.2. The van der Waals surface area contributed by atoms with Crippen molar-refractivity contribution in [3.63, 3.8) is 0 Å². The minimum Gasteiger partial charge on any atom is -0.390 e. The van der Waals surface area contributed by atoms with Crippen LogP contribution in [0.25, 0.3) is 0 Å². The summed E-state index contributed by atoms with van der Waals surface area (Å²) in [7, 11) is -3.50. The molecule has 0 bridgehead atoms. The molecule has 0 aliphatic heterocycles. The van der Waals surface area contributed by atoms with Crippen LogP contribution in [0.15, 0.2) is 24.3 Å². The van der Waals surface area contributed by atoms with Gasteiger partial charge in [-0.1, -0.05) is 65.8 Å². The molecule has 1 amide bonds. The van der Waals surface area contributed by atoms with Crippen molar-refractivity contribution in [2.75, 3.05) is 31.9 Å². The number of benzene rings is 1. The van der Waals surface area contributed by atoms with Gasteiger partial charge in [0.1, 0.15) is 0 Å². The summed E-state index contributed by atoms with van der Waals surface area (Å²) >= 11 is 0. The molecule has 0 heterocycles. The monoisotopic (exact) mass is 511 g/mol. The third-order valence-corrected chi connectivity index (χ3v) is 7.96. The fourth-order valence-electron chi connectivity index (χ4n) is 3.88. The minimum absolute atomic E-state index is 0.122. The second-order valence-corrected chi connectivity index (χ2v) is 12.3. The highest BCUT2D eigenvalue weighted by Crippen LogP contribution is 2.16. The molecule has 7 nitrogen and oxygen atoms in total. The minimum atomic E-state index is -3.50. The fraction of sp³-hybridized carbons (Fsp3) is 0.741. The van der Waals surface area contributed by atoms with Crippen molar-refractivity contribution in [3.05, 3.63) is 35.4 Å².